The fraction of sp³-hybridized carbons (Fsp3) is 0.621. The minimum Gasteiger partial charge on any atom is -0.460 e. The summed E-state index contributed by atoms with van der Waals surface area (Å²) >= 11 is 0. The van der Waals surface area contributed by atoms with Crippen LogP contribution in [-0.2, 0) is 19.0 Å². The minimum atomic E-state index is -0.575. The van der Waals surface area contributed by atoms with E-state index in [1.807, 2.05) is 37.3 Å². The first kappa shape index (κ1) is 29.1. The van der Waals surface area contributed by atoms with E-state index in [0.717, 1.165) is 12.8 Å². The van der Waals surface area contributed by atoms with Gasteiger partial charge in [-0.2, -0.15) is 0 Å². The van der Waals surface area contributed by atoms with E-state index in [1.54, 1.807) is 12.2 Å². The standard InChI is InChI=1S/C29H46O4/c1-5-6-7-8-9-10-11-12-13-14-15-16-17-18-19-20-21-22-28(30)31-24-27-25-32-29(4,33-27)23-26(2)3/h13-22,26-27H,5-12,23-25H2,1-4H3. The maximum atomic E-state index is 11.8. The molecule has 0 aliphatic carbocycles. The normalized spacial score (nSPS) is 21.8. The molecule has 0 N–H and O–H groups in total. The molecule has 4 heteroatoms. The topological polar surface area (TPSA) is 44.8 Å². The van der Waals surface area contributed by atoms with Gasteiger partial charge < -0.3 is 14.2 Å². The second-order valence-electron chi connectivity index (χ2n) is 9.26. The zero-order valence-electron chi connectivity index (χ0n) is 21.3. The van der Waals surface area contributed by atoms with Gasteiger partial charge >= 0.3 is 5.97 Å². The van der Waals surface area contributed by atoms with Crippen molar-refractivity contribution >= 4 is 5.97 Å². The molecule has 33 heavy (non-hydrogen) atoms. The summed E-state index contributed by atoms with van der Waals surface area (Å²) in [4.78, 5) is 11.8. The average molecular weight is 459 g/mol. The molecule has 0 radical (unpaired) electrons. The van der Waals surface area contributed by atoms with Gasteiger partial charge in [0, 0.05) is 12.5 Å². The highest BCUT2D eigenvalue weighted by molar-refractivity contribution is 5.82. The summed E-state index contributed by atoms with van der Waals surface area (Å²) in [6, 6.07) is 0. The van der Waals surface area contributed by atoms with Gasteiger partial charge in [-0.25, -0.2) is 4.79 Å². The highest BCUT2D eigenvalue weighted by Crippen LogP contribution is 2.29. The van der Waals surface area contributed by atoms with E-state index in [1.165, 1.54) is 51.0 Å². The minimum absolute atomic E-state index is 0.206. The Morgan fingerprint density at radius 1 is 0.939 bits per heavy atom. The van der Waals surface area contributed by atoms with Crippen LogP contribution in [0.2, 0.25) is 0 Å². The van der Waals surface area contributed by atoms with E-state index in [2.05, 4.69) is 32.9 Å². The predicted molar refractivity (Wildman–Crippen MR) is 138 cm³/mol. The molecule has 0 amide bonds. The van der Waals surface area contributed by atoms with E-state index in [0.29, 0.717) is 12.5 Å². The molecule has 0 spiro atoms. The fourth-order valence-corrected chi connectivity index (χ4v) is 3.76. The number of carbonyl (C=O) groups is 1. The molecule has 2 unspecified atom stereocenters. The van der Waals surface area contributed by atoms with E-state index in [4.69, 9.17) is 14.2 Å². The number of hydrogen-bond acceptors (Lipinski definition) is 4. The van der Waals surface area contributed by atoms with Gasteiger partial charge in [-0.15, -0.1) is 0 Å². The smallest absolute Gasteiger partial charge is 0.330 e. The highest BCUT2D eigenvalue weighted by atomic mass is 16.7. The van der Waals surface area contributed by atoms with Crippen molar-refractivity contribution in [1.82, 2.24) is 0 Å². The Morgan fingerprint density at radius 2 is 1.55 bits per heavy atom. The van der Waals surface area contributed by atoms with Crippen LogP contribution >= 0.6 is 0 Å². The number of allylic oxidation sites excluding steroid dienone is 9. The number of hydrogen-bond donors (Lipinski definition) is 0. The monoisotopic (exact) mass is 458 g/mol. The molecule has 1 aliphatic heterocycles. The van der Waals surface area contributed by atoms with E-state index in [9.17, 15) is 4.79 Å². The third-order valence-electron chi connectivity index (χ3n) is 5.30. The van der Waals surface area contributed by atoms with Gasteiger partial charge in [-0.05, 0) is 25.7 Å². The lowest BCUT2D eigenvalue weighted by Crippen LogP contribution is -2.30. The molecule has 4 nitrogen and oxygen atoms in total. The van der Waals surface area contributed by atoms with Crippen LogP contribution in [0.1, 0.15) is 85.5 Å². The Bertz CT molecular complexity index is 657. The molecular formula is C29H46O4. The number of ether oxygens (including phenoxy) is 3. The zero-order valence-corrected chi connectivity index (χ0v) is 21.3. The van der Waals surface area contributed by atoms with Crippen LogP contribution in [-0.4, -0.2) is 31.1 Å². The van der Waals surface area contributed by atoms with Crippen molar-refractivity contribution in [3.8, 4) is 0 Å². The van der Waals surface area contributed by atoms with Crippen LogP contribution in [0.3, 0.4) is 0 Å². The van der Waals surface area contributed by atoms with E-state index < -0.39 is 5.79 Å². The molecule has 0 saturated carbocycles. The van der Waals surface area contributed by atoms with Crippen molar-refractivity contribution in [3.05, 3.63) is 60.8 Å². The quantitative estimate of drug-likeness (QED) is 0.0972. The van der Waals surface area contributed by atoms with Crippen LogP contribution in [0.4, 0.5) is 0 Å². The molecule has 1 rings (SSSR count). The lowest BCUT2D eigenvalue weighted by molar-refractivity contribution is -0.172. The first-order valence-electron chi connectivity index (χ1n) is 12.8. The molecule has 0 aromatic rings. The van der Waals surface area contributed by atoms with Gasteiger partial charge in [-0.3, -0.25) is 0 Å². The summed E-state index contributed by atoms with van der Waals surface area (Å²) in [5, 5.41) is 0. The van der Waals surface area contributed by atoms with Gasteiger partial charge in [-0.1, -0.05) is 114 Å². The van der Waals surface area contributed by atoms with Gasteiger partial charge in [0.15, 0.2) is 5.79 Å². The molecule has 1 heterocycles. The summed E-state index contributed by atoms with van der Waals surface area (Å²) in [7, 11) is 0. The van der Waals surface area contributed by atoms with Crippen molar-refractivity contribution in [3.63, 3.8) is 0 Å². The Kier molecular flexibility index (Phi) is 16.3. The lowest BCUT2D eigenvalue weighted by Gasteiger charge is -2.25. The molecule has 0 bridgehead atoms. The molecule has 0 aromatic carbocycles. The van der Waals surface area contributed by atoms with Gasteiger partial charge in [0.2, 0.25) is 0 Å². The number of esters is 1. The summed E-state index contributed by atoms with van der Waals surface area (Å²) in [5.74, 6) is -0.476. The Hall–Kier alpha value is -1.91. The summed E-state index contributed by atoms with van der Waals surface area (Å²) in [6.07, 6.45) is 30.2. The summed E-state index contributed by atoms with van der Waals surface area (Å²) in [5.41, 5.74) is 0. The van der Waals surface area contributed by atoms with Crippen LogP contribution < -0.4 is 0 Å². The SMILES string of the molecule is CCCCCCCCCC=CC=CC=CC=CC=CC(=O)OCC1COC(C)(CC(C)C)O1. The molecule has 0 aromatic heterocycles. The van der Waals surface area contributed by atoms with Crippen LogP contribution in [0, 0.1) is 5.92 Å². The molecular weight excluding hydrogens is 412 g/mol. The fourth-order valence-electron chi connectivity index (χ4n) is 3.76. The maximum Gasteiger partial charge on any atom is 0.330 e. The summed E-state index contributed by atoms with van der Waals surface area (Å²) < 4.78 is 16.9. The number of rotatable bonds is 17. The maximum absolute atomic E-state index is 11.8. The van der Waals surface area contributed by atoms with Gasteiger partial charge in [0.05, 0.1) is 6.61 Å². The van der Waals surface area contributed by atoms with Crippen LogP contribution in [0.15, 0.2) is 60.8 Å². The van der Waals surface area contributed by atoms with Crippen molar-refractivity contribution in [2.24, 2.45) is 5.92 Å². The summed E-state index contributed by atoms with van der Waals surface area (Å²) in [6.45, 7) is 9.11. The van der Waals surface area contributed by atoms with Gasteiger partial charge in [0.25, 0.3) is 0 Å². The third-order valence-corrected chi connectivity index (χ3v) is 5.30. The molecule has 1 fully saturated rings. The Morgan fingerprint density at radius 3 is 2.21 bits per heavy atom. The Labute approximate surface area is 202 Å². The number of carbonyl (C=O) groups excluding carboxylic acids is 1. The third kappa shape index (κ3) is 16.4. The van der Waals surface area contributed by atoms with Crippen molar-refractivity contribution in [2.75, 3.05) is 13.2 Å². The second kappa shape index (κ2) is 18.5. The Balaban J connectivity index is 2.08. The predicted octanol–water partition coefficient (Wildman–Crippen LogP) is 7.63. The highest BCUT2D eigenvalue weighted by Gasteiger charge is 2.38. The molecule has 1 aliphatic rings. The molecule has 1 saturated heterocycles. The van der Waals surface area contributed by atoms with Gasteiger partial charge in [0.1, 0.15) is 12.7 Å². The zero-order chi connectivity index (χ0) is 24.2. The van der Waals surface area contributed by atoms with Crippen LogP contribution in [0.5, 0.6) is 0 Å². The van der Waals surface area contributed by atoms with Crippen LogP contribution in [0.25, 0.3) is 0 Å². The van der Waals surface area contributed by atoms with Crippen molar-refractivity contribution < 1.29 is 19.0 Å². The largest absolute Gasteiger partial charge is 0.460 e. The molecule has 186 valence electrons. The van der Waals surface area contributed by atoms with Crippen molar-refractivity contribution in [2.45, 2.75) is 97.4 Å². The molecule has 2 atom stereocenters. The van der Waals surface area contributed by atoms with Crippen molar-refractivity contribution in [1.29, 1.82) is 0 Å². The average Bonchev–Trinajstić information content (AvgIpc) is 3.14. The first-order valence-corrected chi connectivity index (χ1v) is 12.8. The number of unbranched alkanes of at least 4 members (excludes halogenated alkanes) is 7. The second-order valence-corrected chi connectivity index (χ2v) is 9.26. The van der Waals surface area contributed by atoms with E-state index in [-0.39, 0.29) is 18.7 Å². The first-order chi connectivity index (χ1) is 15.9. The van der Waals surface area contributed by atoms with E-state index >= 15 is 0 Å². The lowest BCUT2D eigenvalue weighted by atomic mass is 10.0.